The molecule has 3 heteroatoms. The summed E-state index contributed by atoms with van der Waals surface area (Å²) in [7, 11) is 1.55. The lowest BCUT2D eigenvalue weighted by atomic mass is 9.94. The summed E-state index contributed by atoms with van der Waals surface area (Å²) in [6, 6.07) is 5.74. The van der Waals surface area contributed by atoms with E-state index in [-0.39, 0.29) is 0 Å². The molecule has 1 aromatic carbocycles. The van der Waals surface area contributed by atoms with Crippen molar-refractivity contribution >= 4 is 6.09 Å². The van der Waals surface area contributed by atoms with Crippen molar-refractivity contribution < 1.29 is 9.53 Å². The molecule has 0 spiro atoms. The van der Waals surface area contributed by atoms with Crippen LogP contribution in [0.5, 0.6) is 5.75 Å². The molecule has 1 N–H and O–H groups in total. The maximum absolute atomic E-state index is 11.1. The average molecular weight is 221 g/mol. The first-order chi connectivity index (χ1) is 7.58. The Morgan fingerprint density at radius 2 is 2.19 bits per heavy atom. The molecule has 0 saturated heterocycles. The zero-order valence-electron chi connectivity index (χ0n) is 10.3. The van der Waals surface area contributed by atoms with E-state index in [0.29, 0.717) is 11.7 Å². The Hall–Kier alpha value is -1.51. The molecule has 0 heterocycles. The van der Waals surface area contributed by atoms with Gasteiger partial charge in [0, 0.05) is 7.05 Å². The van der Waals surface area contributed by atoms with Crippen LogP contribution in [-0.4, -0.2) is 13.1 Å². The lowest BCUT2D eigenvalue weighted by Gasteiger charge is -2.14. The highest BCUT2D eigenvalue weighted by Crippen LogP contribution is 2.26. The summed E-state index contributed by atoms with van der Waals surface area (Å²) in [5, 5.41) is 2.43. The number of benzene rings is 1. The smallest absolute Gasteiger partial charge is 0.410 e. The molecule has 0 saturated carbocycles. The van der Waals surface area contributed by atoms with E-state index < -0.39 is 6.09 Å². The molecule has 0 fully saturated rings. The van der Waals surface area contributed by atoms with Gasteiger partial charge in [-0.1, -0.05) is 19.9 Å². The van der Waals surface area contributed by atoms with Crippen molar-refractivity contribution in [1.29, 1.82) is 0 Å². The molecule has 0 radical (unpaired) electrons. The number of amides is 1. The highest BCUT2D eigenvalue weighted by molar-refractivity contribution is 5.70. The standard InChI is InChI=1S/C13H19NO2/c1-5-9(2)12-8-11(7-6-10(12)3)16-13(15)14-4/h6-9H,5H2,1-4H3,(H,14,15)/t9-/m1/s1. The van der Waals surface area contributed by atoms with Gasteiger partial charge in [0.25, 0.3) is 0 Å². The van der Waals surface area contributed by atoms with Crippen LogP contribution in [0.15, 0.2) is 18.2 Å². The van der Waals surface area contributed by atoms with E-state index >= 15 is 0 Å². The van der Waals surface area contributed by atoms with Gasteiger partial charge in [-0.3, -0.25) is 0 Å². The van der Waals surface area contributed by atoms with E-state index in [9.17, 15) is 4.79 Å². The first-order valence-corrected chi connectivity index (χ1v) is 5.58. The predicted molar refractivity (Wildman–Crippen MR) is 65.0 cm³/mol. The van der Waals surface area contributed by atoms with Gasteiger partial charge in [0.05, 0.1) is 0 Å². The van der Waals surface area contributed by atoms with E-state index in [1.54, 1.807) is 7.05 Å². The number of nitrogens with one attached hydrogen (secondary N) is 1. The van der Waals surface area contributed by atoms with Crippen molar-refractivity contribution in [3.8, 4) is 5.75 Å². The zero-order chi connectivity index (χ0) is 12.1. The Morgan fingerprint density at radius 1 is 1.50 bits per heavy atom. The third-order valence-electron chi connectivity index (χ3n) is 2.81. The van der Waals surface area contributed by atoms with Gasteiger partial charge in [0.2, 0.25) is 0 Å². The van der Waals surface area contributed by atoms with Crippen molar-refractivity contribution in [2.45, 2.75) is 33.1 Å². The minimum atomic E-state index is -0.432. The maximum Gasteiger partial charge on any atom is 0.412 e. The Morgan fingerprint density at radius 3 is 2.75 bits per heavy atom. The van der Waals surface area contributed by atoms with Crippen molar-refractivity contribution in [2.24, 2.45) is 0 Å². The van der Waals surface area contributed by atoms with Crippen LogP contribution in [-0.2, 0) is 0 Å². The number of ether oxygens (including phenoxy) is 1. The lowest BCUT2D eigenvalue weighted by molar-refractivity contribution is 0.203. The molecule has 88 valence electrons. The number of carbonyl (C=O) groups is 1. The monoisotopic (exact) mass is 221 g/mol. The molecule has 1 amide bonds. The lowest BCUT2D eigenvalue weighted by Crippen LogP contribution is -2.22. The van der Waals surface area contributed by atoms with Crippen LogP contribution in [0.2, 0.25) is 0 Å². The molecule has 0 aliphatic rings. The van der Waals surface area contributed by atoms with E-state index in [4.69, 9.17) is 4.74 Å². The van der Waals surface area contributed by atoms with Crippen LogP contribution in [0.1, 0.15) is 37.3 Å². The number of rotatable bonds is 3. The summed E-state index contributed by atoms with van der Waals surface area (Å²) < 4.78 is 5.10. The van der Waals surface area contributed by atoms with Crippen LogP contribution in [0.25, 0.3) is 0 Å². The van der Waals surface area contributed by atoms with E-state index in [1.807, 2.05) is 18.2 Å². The molecule has 1 atom stereocenters. The van der Waals surface area contributed by atoms with Crippen LogP contribution < -0.4 is 10.1 Å². The number of hydrogen-bond donors (Lipinski definition) is 1. The van der Waals surface area contributed by atoms with Gasteiger partial charge in [0.15, 0.2) is 0 Å². The van der Waals surface area contributed by atoms with Gasteiger partial charge >= 0.3 is 6.09 Å². The fourth-order valence-electron chi connectivity index (χ4n) is 1.59. The molecular formula is C13H19NO2. The minimum absolute atomic E-state index is 0.432. The SMILES string of the molecule is CC[C@@H](C)c1cc(OC(=O)NC)ccc1C. The first kappa shape index (κ1) is 12.6. The topological polar surface area (TPSA) is 38.3 Å². The second-order valence-corrected chi connectivity index (χ2v) is 3.97. The van der Waals surface area contributed by atoms with E-state index in [0.717, 1.165) is 6.42 Å². The second-order valence-electron chi connectivity index (χ2n) is 3.97. The highest BCUT2D eigenvalue weighted by atomic mass is 16.5. The molecule has 0 aliphatic heterocycles. The molecule has 3 nitrogen and oxygen atoms in total. The molecule has 0 aliphatic carbocycles. The summed E-state index contributed by atoms with van der Waals surface area (Å²) in [5.74, 6) is 1.08. The number of carbonyl (C=O) groups excluding carboxylic acids is 1. The fraction of sp³-hybridized carbons (Fsp3) is 0.462. The molecule has 1 rings (SSSR count). The molecule has 0 bridgehead atoms. The Kier molecular flexibility index (Phi) is 4.35. The summed E-state index contributed by atoms with van der Waals surface area (Å²) in [4.78, 5) is 11.1. The van der Waals surface area contributed by atoms with Gasteiger partial charge in [0.1, 0.15) is 5.75 Å². The fourth-order valence-corrected chi connectivity index (χ4v) is 1.59. The predicted octanol–water partition coefficient (Wildman–Crippen LogP) is 3.23. The van der Waals surface area contributed by atoms with Crippen LogP contribution in [0.3, 0.4) is 0 Å². The van der Waals surface area contributed by atoms with Crippen molar-refractivity contribution in [1.82, 2.24) is 5.32 Å². The van der Waals surface area contributed by atoms with Crippen molar-refractivity contribution in [3.05, 3.63) is 29.3 Å². The third-order valence-corrected chi connectivity index (χ3v) is 2.81. The van der Waals surface area contributed by atoms with Gasteiger partial charge in [-0.05, 0) is 42.5 Å². The quantitative estimate of drug-likeness (QED) is 0.851. The average Bonchev–Trinajstić information content (AvgIpc) is 2.30. The van der Waals surface area contributed by atoms with Gasteiger partial charge < -0.3 is 10.1 Å². The molecule has 1 aromatic rings. The van der Waals surface area contributed by atoms with E-state index in [2.05, 4.69) is 26.1 Å². The summed E-state index contributed by atoms with van der Waals surface area (Å²) in [6.45, 7) is 6.40. The Bertz CT molecular complexity index is 374. The molecular weight excluding hydrogens is 202 g/mol. The van der Waals surface area contributed by atoms with Crippen molar-refractivity contribution in [2.75, 3.05) is 7.05 Å². The Balaban J connectivity index is 2.93. The van der Waals surface area contributed by atoms with E-state index in [1.165, 1.54) is 11.1 Å². The number of aryl methyl sites for hydroxylation is 1. The van der Waals surface area contributed by atoms with Crippen molar-refractivity contribution in [3.63, 3.8) is 0 Å². The largest absolute Gasteiger partial charge is 0.412 e. The van der Waals surface area contributed by atoms with Gasteiger partial charge in [-0.15, -0.1) is 0 Å². The summed E-state index contributed by atoms with van der Waals surface area (Å²) >= 11 is 0. The number of hydrogen-bond acceptors (Lipinski definition) is 2. The Labute approximate surface area is 96.8 Å². The maximum atomic E-state index is 11.1. The summed E-state index contributed by atoms with van der Waals surface area (Å²) in [6.07, 6.45) is 0.642. The first-order valence-electron chi connectivity index (χ1n) is 5.58. The molecule has 0 unspecified atom stereocenters. The normalized spacial score (nSPS) is 12.0. The molecule has 0 aromatic heterocycles. The highest BCUT2D eigenvalue weighted by Gasteiger charge is 2.09. The summed E-state index contributed by atoms with van der Waals surface area (Å²) in [5.41, 5.74) is 2.47. The van der Waals surface area contributed by atoms with Crippen LogP contribution in [0.4, 0.5) is 4.79 Å². The van der Waals surface area contributed by atoms with Gasteiger partial charge in [-0.2, -0.15) is 0 Å². The third kappa shape index (κ3) is 2.99. The zero-order valence-corrected chi connectivity index (χ0v) is 10.3. The van der Waals surface area contributed by atoms with Crippen LogP contribution in [0, 0.1) is 6.92 Å². The van der Waals surface area contributed by atoms with Gasteiger partial charge in [-0.25, -0.2) is 4.79 Å². The minimum Gasteiger partial charge on any atom is -0.410 e. The molecule has 16 heavy (non-hydrogen) atoms. The second kappa shape index (κ2) is 5.54. The van der Waals surface area contributed by atoms with Crippen LogP contribution >= 0.6 is 0 Å².